The molecule has 10 nitrogen and oxygen atoms in total. The first kappa shape index (κ1) is 45.9. The van der Waals surface area contributed by atoms with Gasteiger partial charge in [0, 0.05) is 44.4 Å². The number of hydrogen-bond acceptors (Lipinski definition) is 8. The summed E-state index contributed by atoms with van der Waals surface area (Å²) in [4.78, 5) is 22.1. The minimum absolute atomic E-state index is 0.320. The fourth-order valence-corrected chi connectivity index (χ4v) is 6.32. The number of rotatable bonds is 22. The Balaban J connectivity index is 0.000000231. The van der Waals surface area contributed by atoms with E-state index in [0.29, 0.717) is 39.3 Å². The lowest BCUT2D eigenvalue weighted by Gasteiger charge is -2.11. The molecule has 0 saturated heterocycles. The molecule has 2 atom stereocenters. The maximum atomic E-state index is 11.0. The van der Waals surface area contributed by atoms with Crippen molar-refractivity contribution in [3.05, 3.63) is 167 Å². The quantitative estimate of drug-likeness (QED) is 0.0636. The minimum atomic E-state index is -0.967. The summed E-state index contributed by atoms with van der Waals surface area (Å²) in [5, 5.41) is 18.1. The number of carboxylic acids is 2. The lowest BCUT2D eigenvalue weighted by atomic mass is 10.1. The molecule has 0 aliphatic heterocycles. The third-order valence-corrected chi connectivity index (χ3v) is 9.98. The summed E-state index contributed by atoms with van der Waals surface area (Å²) >= 11 is 3.45. The molecule has 0 fully saturated rings. The Kier molecular flexibility index (Phi) is 18.7. The second-order valence-electron chi connectivity index (χ2n) is 13.8. The number of aliphatic carboxylic acids is 2. The summed E-state index contributed by atoms with van der Waals surface area (Å²) in [5.74, 6) is 1.22. The van der Waals surface area contributed by atoms with Crippen LogP contribution in [0, 0.1) is 0 Å². The number of halogens is 1. The van der Waals surface area contributed by atoms with Crippen molar-refractivity contribution in [2.24, 2.45) is 0 Å². The van der Waals surface area contributed by atoms with Crippen LogP contribution in [0.5, 0.6) is 23.0 Å². The van der Waals surface area contributed by atoms with E-state index in [0.717, 1.165) is 68.1 Å². The molecule has 0 bridgehead atoms. The number of methoxy groups -OCH3 is 2. The van der Waals surface area contributed by atoms with Crippen LogP contribution < -0.4 is 18.9 Å². The highest BCUT2D eigenvalue weighted by molar-refractivity contribution is 9.10. The van der Waals surface area contributed by atoms with Gasteiger partial charge in [0.1, 0.15) is 23.0 Å². The van der Waals surface area contributed by atoms with Crippen molar-refractivity contribution >= 4 is 27.9 Å². The smallest absolute Gasteiger partial charge is 0.333 e. The standard InChI is InChI=1S/C25H25BrO5.C25H26O5/c1-29-24(25(27)28)17-18-3-11-22(12-4-18)30-15-2-16-31-23-13-7-20(8-14-23)19-5-9-21(26)10-6-19;1-28-24(25(26)27)18-19-8-12-22(13-9-19)29-16-5-17-30-23-14-10-21(11-15-23)20-6-3-2-4-7-20/h3-14,24H,2,15-17H2,1H3,(H,27,28);2-4,6-15,24H,5,16-18H2,1H3,(H,26,27). The molecule has 61 heavy (non-hydrogen) atoms. The molecule has 2 unspecified atom stereocenters. The zero-order valence-corrected chi connectivity index (χ0v) is 35.9. The minimum Gasteiger partial charge on any atom is -0.493 e. The van der Waals surface area contributed by atoms with Gasteiger partial charge < -0.3 is 38.6 Å². The summed E-state index contributed by atoms with van der Waals surface area (Å²) < 4.78 is 34.0. The molecule has 6 rings (SSSR count). The SMILES string of the molecule is COC(Cc1ccc(OCCCOc2ccc(-c3ccc(Br)cc3)cc2)cc1)C(=O)O.COC(Cc1ccc(OCCCOc2ccc(-c3ccccc3)cc2)cc1)C(=O)O. The predicted octanol–water partition coefficient (Wildman–Crippen LogP) is 10.4. The van der Waals surface area contributed by atoms with Crippen LogP contribution in [0.1, 0.15) is 24.0 Å². The van der Waals surface area contributed by atoms with E-state index in [2.05, 4.69) is 64.5 Å². The van der Waals surface area contributed by atoms with Crippen LogP contribution in [0.15, 0.2) is 156 Å². The van der Waals surface area contributed by atoms with Crippen LogP contribution in [-0.2, 0) is 31.9 Å². The Hall–Kier alpha value is -6.14. The maximum Gasteiger partial charge on any atom is 0.333 e. The second-order valence-corrected chi connectivity index (χ2v) is 14.8. The van der Waals surface area contributed by atoms with E-state index in [1.807, 2.05) is 103 Å². The fraction of sp³-hybridized carbons (Fsp3) is 0.240. The van der Waals surface area contributed by atoms with Gasteiger partial charge in [-0.25, -0.2) is 9.59 Å². The van der Waals surface area contributed by atoms with Crippen molar-refractivity contribution in [3.8, 4) is 45.3 Å². The van der Waals surface area contributed by atoms with Gasteiger partial charge in [0.15, 0.2) is 12.2 Å². The summed E-state index contributed by atoms with van der Waals surface area (Å²) in [6.45, 7) is 2.20. The van der Waals surface area contributed by atoms with Gasteiger partial charge in [0.05, 0.1) is 26.4 Å². The Morgan fingerprint density at radius 2 is 0.738 bits per heavy atom. The van der Waals surface area contributed by atoms with Crippen LogP contribution >= 0.6 is 15.9 Å². The molecule has 0 amide bonds. The number of carboxylic acid groups (broad SMARTS) is 2. The molecular formula is C50H51BrO10. The largest absolute Gasteiger partial charge is 0.493 e. The Bertz CT molecular complexity index is 2180. The summed E-state index contributed by atoms with van der Waals surface area (Å²) in [6, 6.07) is 49.3. The second kappa shape index (κ2) is 24.8. The summed E-state index contributed by atoms with van der Waals surface area (Å²) in [5.41, 5.74) is 6.43. The van der Waals surface area contributed by atoms with Crippen molar-refractivity contribution < 1.29 is 48.2 Å². The van der Waals surface area contributed by atoms with Gasteiger partial charge in [-0.05, 0) is 94.0 Å². The van der Waals surface area contributed by atoms with Crippen molar-refractivity contribution in [2.45, 2.75) is 37.9 Å². The third-order valence-electron chi connectivity index (χ3n) is 9.45. The lowest BCUT2D eigenvalue weighted by molar-refractivity contribution is -0.149. The van der Waals surface area contributed by atoms with Crippen molar-refractivity contribution in [2.75, 3.05) is 40.6 Å². The highest BCUT2D eigenvalue weighted by Crippen LogP contribution is 2.25. The molecule has 6 aromatic rings. The monoisotopic (exact) mass is 890 g/mol. The van der Waals surface area contributed by atoms with E-state index in [4.69, 9.17) is 38.6 Å². The average molecular weight is 892 g/mol. The summed E-state index contributed by atoms with van der Waals surface area (Å²) in [6.07, 6.45) is 0.473. The molecule has 0 radical (unpaired) electrons. The zero-order chi connectivity index (χ0) is 43.2. The molecule has 0 aliphatic rings. The molecule has 6 aromatic carbocycles. The van der Waals surface area contributed by atoms with Gasteiger partial charge in [-0.1, -0.05) is 107 Å². The van der Waals surface area contributed by atoms with Crippen LogP contribution in [0.4, 0.5) is 0 Å². The average Bonchev–Trinajstić information content (AvgIpc) is 3.29. The van der Waals surface area contributed by atoms with Gasteiger partial charge in [-0.15, -0.1) is 0 Å². The van der Waals surface area contributed by atoms with Crippen LogP contribution in [0.3, 0.4) is 0 Å². The first-order valence-corrected chi connectivity index (χ1v) is 20.7. The van der Waals surface area contributed by atoms with Gasteiger partial charge in [0.2, 0.25) is 0 Å². The van der Waals surface area contributed by atoms with Gasteiger partial charge in [0.25, 0.3) is 0 Å². The van der Waals surface area contributed by atoms with E-state index in [1.165, 1.54) is 19.8 Å². The first-order chi connectivity index (χ1) is 29.7. The van der Waals surface area contributed by atoms with E-state index < -0.39 is 24.1 Å². The maximum absolute atomic E-state index is 11.0. The molecular weight excluding hydrogens is 840 g/mol. The number of benzene rings is 6. The van der Waals surface area contributed by atoms with Crippen LogP contribution in [-0.4, -0.2) is 75.0 Å². The molecule has 11 heteroatoms. The first-order valence-electron chi connectivity index (χ1n) is 19.9. The molecule has 2 N–H and O–H groups in total. The van der Waals surface area contributed by atoms with E-state index in [9.17, 15) is 9.59 Å². The third kappa shape index (κ3) is 15.8. The topological polar surface area (TPSA) is 130 Å². The number of carbonyl (C=O) groups is 2. The highest BCUT2D eigenvalue weighted by atomic mass is 79.9. The number of hydrogen-bond donors (Lipinski definition) is 2. The fourth-order valence-electron chi connectivity index (χ4n) is 6.05. The normalized spacial score (nSPS) is 11.7. The molecule has 0 heterocycles. The van der Waals surface area contributed by atoms with Crippen LogP contribution in [0.2, 0.25) is 0 Å². The van der Waals surface area contributed by atoms with E-state index in [1.54, 1.807) is 0 Å². The van der Waals surface area contributed by atoms with Gasteiger partial charge in [-0.2, -0.15) is 0 Å². The number of ether oxygens (including phenoxy) is 6. The van der Waals surface area contributed by atoms with Crippen molar-refractivity contribution in [1.29, 1.82) is 0 Å². The van der Waals surface area contributed by atoms with Gasteiger partial charge >= 0.3 is 11.9 Å². The molecule has 318 valence electrons. The van der Waals surface area contributed by atoms with E-state index in [-0.39, 0.29) is 0 Å². The molecule has 0 aliphatic carbocycles. The van der Waals surface area contributed by atoms with Crippen LogP contribution in [0.25, 0.3) is 22.3 Å². The molecule has 0 spiro atoms. The highest BCUT2D eigenvalue weighted by Gasteiger charge is 2.17. The Morgan fingerprint density at radius 1 is 0.443 bits per heavy atom. The van der Waals surface area contributed by atoms with Crippen molar-refractivity contribution in [3.63, 3.8) is 0 Å². The summed E-state index contributed by atoms with van der Waals surface area (Å²) in [7, 11) is 2.80. The Labute approximate surface area is 365 Å². The predicted molar refractivity (Wildman–Crippen MR) is 240 cm³/mol. The zero-order valence-electron chi connectivity index (χ0n) is 34.3. The van der Waals surface area contributed by atoms with E-state index >= 15 is 0 Å². The van der Waals surface area contributed by atoms with Gasteiger partial charge in [-0.3, -0.25) is 0 Å². The molecule has 0 aromatic heterocycles. The molecule has 0 saturated carbocycles. The lowest BCUT2D eigenvalue weighted by Crippen LogP contribution is -2.24. The Morgan fingerprint density at radius 3 is 1.05 bits per heavy atom. The van der Waals surface area contributed by atoms with Crippen molar-refractivity contribution in [1.82, 2.24) is 0 Å².